The predicted molar refractivity (Wildman–Crippen MR) is 73.9 cm³/mol. The van der Waals surface area contributed by atoms with Crippen LogP contribution in [0.15, 0.2) is 48.7 Å². The zero-order chi connectivity index (χ0) is 12.8. The van der Waals surface area contributed by atoms with E-state index in [0.717, 1.165) is 10.9 Å². The van der Waals surface area contributed by atoms with E-state index in [1.807, 2.05) is 30.3 Å². The summed E-state index contributed by atoms with van der Waals surface area (Å²) in [6.07, 6.45) is 5.30. The summed E-state index contributed by atoms with van der Waals surface area (Å²) in [5.41, 5.74) is 1.31. The molecule has 2 aromatic rings. The zero-order valence-corrected chi connectivity index (χ0v) is 10.5. The molecule has 1 aromatic carbocycles. The Bertz CT molecular complexity index is 576. The first-order chi connectivity index (χ1) is 8.83. The number of carbonyl (C=O) groups excluding carboxylic acids is 1. The number of amides is 1. The van der Waals surface area contributed by atoms with Crippen molar-refractivity contribution in [2.24, 2.45) is 0 Å². The van der Waals surface area contributed by atoms with Gasteiger partial charge >= 0.3 is 0 Å². The van der Waals surface area contributed by atoms with Crippen LogP contribution >= 0.6 is 11.6 Å². The van der Waals surface area contributed by atoms with Crippen molar-refractivity contribution in [1.29, 1.82) is 0 Å². The number of nitrogens with zero attached hydrogens (tertiary/aromatic N) is 1. The van der Waals surface area contributed by atoms with Gasteiger partial charge in [0.05, 0.1) is 11.1 Å². The van der Waals surface area contributed by atoms with Crippen molar-refractivity contribution in [1.82, 2.24) is 10.3 Å². The van der Waals surface area contributed by atoms with E-state index < -0.39 is 0 Å². The Hall–Kier alpha value is -1.87. The Morgan fingerprint density at radius 2 is 2.11 bits per heavy atom. The molecule has 0 saturated carbocycles. The molecule has 1 N–H and O–H groups in total. The molecule has 18 heavy (non-hydrogen) atoms. The van der Waals surface area contributed by atoms with Gasteiger partial charge in [-0.25, -0.2) is 0 Å². The fourth-order valence-electron chi connectivity index (χ4n) is 1.68. The smallest absolute Gasteiger partial charge is 0.253 e. The second-order valence-corrected chi connectivity index (χ2v) is 4.03. The standard InChI is InChI=1S/C14H13ClN2O/c15-8-1-2-9-17-14(18)12-7-3-5-11-6-4-10-16-13(11)12/h1-7,10H,8-9H2,(H,17,18)/b2-1+. The van der Waals surface area contributed by atoms with Crippen LogP contribution in [-0.4, -0.2) is 23.3 Å². The SMILES string of the molecule is O=C(NC/C=C/CCl)c1cccc2cccnc12. The van der Waals surface area contributed by atoms with Crippen molar-refractivity contribution < 1.29 is 4.79 Å². The van der Waals surface area contributed by atoms with Crippen LogP contribution in [0.3, 0.4) is 0 Å². The highest BCUT2D eigenvalue weighted by atomic mass is 35.5. The lowest BCUT2D eigenvalue weighted by Gasteiger charge is -2.05. The van der Waals surface area contributed by atoms with E-state index in [-0.39, 0.29) is 5.91 Å². The number of hydrogen-bond donors (Lipinski definition) is 1. The zero-order valence-electron chi connectivity index (χ0n) is 9.77. The first kappa shape index (κ1) is 12.6. The fraction of sp³-hybridized carbons (Fsp3) is 0.143. The van der Waals surface area contributed by atoms with Crippen molar-refractivity contribution in [3.63, 3.8) is 0 Å². The number of hydrogen-bond acceptors (Lipinski definition) is 2. The number of carbonyl (C=O) groups is 1. The summed E-state index contributed by atoms with van der Waals surface area (Å²) in [5.74, 6) is 0.324. The van der Waals surface area contributed by atoms with Crippen LogP contribution in [-0.2, 0) is 0 Å². The van der Waals surface area contributed by atoms with Gasteiger partial charge in [0.2, 0.25) is 0 Å². The minimum atomic E-state index is -0.126. The molecule has 1 heterocycles. The molecule has 0 aliphatic rings. The number of fused-ring (bicyclic) bond motifs is 1. The van der Waals surface area contributed by atoms with Crippen molar-refractivity contribution in [2.45, 2.75) is 0 Å². The molecule has 0 bridgehead atoms. The Balaban J connectivity index is 2.20. The van der Waals surface area contributed by atoms with E-state index in [9.17, 15) is 4.79 Å². The Morgan fingerprint density at radius 1 is 1.28 bits per heavy atom. The van der Waals surface area contributed by atoms with Gasteiger partial charge in [0, 0.05) is 24.0 Å². The molecule has 4 heteroatoms. The minimum absolute atomic E-state index is 0.126. The number of aromatic nitrogens is 1. The minimum Gasteiger partial charge on any atom is -0.349 e. The molecule has 2 rings (SSSR count). The molecule has 1 amide bonds. The average Bonchev–Trinajstić information content (AvgIpc) is 2.43. The van der Waals surface area contributed by atoms with Crippen molar-refractivity contribution >= 4 is 28.4 Å². The van der Waals surface area contributed by atoms with Gasteiger partial charge in [-0.15, -0.1) is 11.6 Å². The van der Waals surface area contributed by atoms with Crippen LogP contribution in [0.25, 0.3) is 10.9 Å². The molecule has 0 aliphatic heterocycles. The van der Waals surface area contributed by atoms with Crippen molar-refractivity contribution in [3.05, 3.63) is 54.2 Å². The topological polar surface area (TPSA) is 42.0 Å². The summed E-state index contributed by atoms with van der Waals surface area (Å²) in [4.78, 5) is 16.3. The molecular weight excluding hydrogens is 248 g/mol. The number of allylic oxidation sites excluding steroid dienone is 1. The van der Waals surface area contributed by atoms with Crippen LogP contribution in [0, 0.1) is 0 Å². The quantitative estimate of drug-likeness (QED) is 0.678. The summed E-state index contributed by atoms with van der Waals surface area (Å²) in [6.45, 7) is 0.467. The molecule has 92 valence electrons. The molecule has 0 spiro atoms. The summed E-state index contributed by atoms with van der Waals surface area (Å²) in [6, 6.07) is 9.36. The second-order valence-electron chi connectivity index (χ2n) is 3.72. The van der Waals surface area contributed by atoms with E-state index in [4.69, 9.17) is 11.6 Å². The summed E-state index contributed by atoms with van der Waals surface area (Å²) in [5, 5.41) is 3.76. The number of halogens is 1. The second kappa shape index (κ2) is 6.17. The highest BCUT2D eigenvalue weighted by molar-refractivity contribution is 6.18. The van der Waals surface area contributed by atoms with Crippen LogP contribution in [0.1, 0.15) is 10.4 Å². The molecule has 0 atom stereocenters. The fourth-order valence-corrected chi connectivity index (χ4v) is 1.81. The Kier molecular flexibility index (Phi) is 4.31. The Morgan fingerprint density at radius 3 is 2.94 bits per heavy atom. The summed E-state index contributed by atoms with van der Waals surface area (Å²) >= 11 is 5.50. The molecule has 0 aliphatic carbocycles. The first-order valence-electron chi connectivity index (χ1n) is 5.66. The molecular formula is C14H13ClN2O. The number of alkyl halides is 1. The molecule has 3 nitrogen and oxygen atoms in total. The normalized spacial score (nSPS) is 10.9. The average molecular weight is 261 g/mol. The maximum atomic E-state index is 12.0. The molecule has 0 unspecified atom stereocenters. The predicted octanol–water partition coefficient (Wildman–Crippen LogP) is 2.76. The number of rotatable bonds is 4. The number of nitrogens with one attached hydrogen (secondary N) is 1. The maximum absolute atomic E-state index is 12.0. The van der Waals surface area contributed by atoms with Gasteiger partial charge in [-0.05, 0) is 12.1 Å². The highest BCUT2D eigenvalue weighted by Crippen LogP contribution is 2.15. The van der Waals surface area contributed by atoms with E-state index in [1.54, 1.807) is 18.3 Å². The number of pyridine rings is 1. The van der Waals surface area contributed by atoms with Crippen molar-refractivity contribution in [2.75, 3.05) is 12.4 Å². The van der Waals surface area contributed by atoms with E-state index >= 15 is 0 Å². The van der Waals surface area contributed by atoms with Crippen LogP contribution < -0.4 is 5.32 Å². The van der Waals surface area contributed by atoms with Gasteiger partial charge in [0.15, 0.2) is 0 Å². The third kappa shape index (κ3) is 2.87. The van der Waals surface area contributed by atoms with E-state index in [0.29, 0.717) is 18.0 Å². The maximum Gasteiger partial charge on any atom is 0.253 e. The Labute approximate surface area is 110 Å². The third-order valence-electron chi connectivity index (χ3n) is 2.51. The lowest BCUT2D eigenvalue weighted by molar-refractivity contribution is 0.0959. The van der Waals surface area contributed by atoms with Gasteiger partial charge in [-0.2, -0.15) is 0 Å². The first-order valence-corrected chi connectivity index (χ1v) is 6.19. The molecule has 0 fully saturated rings. The lowest BCUT2D eigenvalue weighted by atomic mass is 10.1. The van der Waals surface area contributed by atoms with Gasteiger partial charge in [0.25, 0.3) is 5.91 Å². The van der Waals surface area contributed by atoms with E-state index in [1.165, 1.54) is 0 Å². The summed E-state index contributed by atoms with van der Waals surface area (Å²) in [7, 11) is 0. The van der Waals surface area contributed by atoms with Crippen LogP contribution in [0.5, 0.6) is 0 Å². The van der Waals surface area contributed by atoms with Gasteiger partial charge in [0.1, 0.15) is 0 Å². The molecule has 0 radical (unpaired) electrons. The monoisotopic (exact) mass is 260 g/mol. The number of benzene rings is 1. The van der Waals surface area contributed by atoms with E-state index in [2.05, 4.69) is 10.3 Å². The molecule has 0 saturated heterocycles. The van der Waals surface area contributed by atoms with Gasteiger partial charge in [-0.1, -0.05) is 30.4 Å². The number of para-hydroxylation sites is 1. The van der Waals surface area contributed by atoms with Gasteiger partial charge < -0.3 is 5.32 Å². The summed E-state index contributed by atoms with van der Waals surface area (Å²) < 4.78 is 0. The van der Waals surface area contributed by atoms with Gasteiger partial charge in [-0.3, -0.25) is 9.78 Å². The lowest BCUT2D eigenvalue weighted by Crippen LogP contribution is -2.23. The van der Waals surface area contributed by atoms with Crippen LogP contribution in [0.4, 0.5) is 0 Å². The van der Waals surface area contributed by atoms with Crippen molar-refractivity contribution in [3.8, 4) is 0 Å². The third-order valence-corrected chi connectivity index (χ3v) is 2.69. The molecule has 1 aromatic heterocycles. The largest absolute Gasteiger partial charge is 0.349 e. The van der Waals surface area contributed by atoms with Crippen LogP contribution in [0.2, 0.25) is 0 Å². The highest BCUT2D eigenvalue weighted by Gasteiger charge is 2.09.